The second-order valence-corrected chi connectivity index (χ2v) is 8.90. The van der Waals surface area contributed by atoms with Gasteiger partial charge in [-0.2, -0.15) is 8.42 Å². The lowest BCUT2D eigenvalue weighted by atomic mass is 10.2. The summed E-state index contributed by atoms with van der Waals surface area (Å²) < 4.78 is 40.0. The minimum Gasteiger partial charge on any atom is -0.497 e. The minimum absolute atomic E-state index is 0.0281. The van der Waals surface area contributed by atoms with Crippen molar-refractivity contribution in [3.8, 4) is 11.5 Å². The van der Waals surface area contributed by atoms with Crippen LogP contribution < -0.4 is 8.92 Å². The predicted octanol–water partition coefficient (Wildman–Crippen LogP) is 3.06. The zero-order valence-corrected chi connectivity index (χ0v) is 18.8. The summed E-state index contributed by atoms with van der Waals surface area (Å²) in [4.78, 5) is 37.0. The molecule has 1 heterocycles. The number of hydrogen-bond donors (Lipinski definition) is 0. The van der Waals surface area contributed by atoms with Crippen molar-refractivity contribution >= 4 is 45.1 Å². The Balaban J connectivity index is 1.77. The Morgan fingerprint density at radius 1 is 1.09 bits per heavy atom. The quantitative estimate of drug-likeness (QED) is 0.321. The third-order valence-corrected chi connectivity index (χ3v) is 6.34. The molecule has 0 spiro atoms. The number of carbonyl (C=O) groups is 3. The number of esters is 1. The van der Waals surface area contributed by atoms with E-state index in [0.29, 0.717) is 23.1 Å². The van der Waals surface area contributed by atoms with Crippen LogP contribution in [-0.4, -0.2) is 50.7 Å². The third-order valence-electron chi connectivity index (χ3n) is 4.18. The Labute approximate surface area is 189 Å². The van der Waals surface area contributed by atoms with Gasteiger partial charge in [0.15, 0.2) is 0 Å². The van der Waals surface area contributed by atoms with Crippen LogP contribution in [-0.2, 0) is 24.4 Å². The fourth-order valence-electron chi connectivity index (χ4n) is 2.70. The van der Waals surface area contributed by atoms with Crippen LogP contribution in [0, 0.1) is 0 Å². The molecule has 0 N–H and O–H groups in total. The van der Waals surface area contributed by atoms with E-state index in [0.717, 1.165) is 4.90 Å². The Kier molecular flexibility index (Phi) is 7.21. The molecule has 2 aromatic carbocycles. The molecular formula is C21H19NO8S2. The maximum absolute atomic E-state index is 12.5. The van der Waals surface area contributed by atoms with Crippen molar-refractivity contribution in [2.24, 2.45) is 0 Å². The SMILES string of the molecule is CCOC(=O)CN1C(=O)S/C(=C\c2cccc(OS(=O)(=O)c3ccc(OC)cc3)c2)C1=O. The first-order valence-corrected chi connectivity index (χ1v) is 11.6. The molecule has 0 unspecified atom stereocenters. The lowest BCUT2D eigenvalue weighted by Crippen LogP contribution is -2.34. The summed E-state index contributed by atoms with van der Waals surface area (Å²) in [5.74, 6) is -0.788. The van der Waals surface area contributed by atoms with Gasteiger partial charge in [-0.15, -0.1) is 0 Å². The second kappa shape index (κ2) is 9.88. The molecule has 1 aliphatic heterocycles. The topological polar surface area (TPSA) is 116 Å². The molecule has 1 aliphatic rings. The zero-order chi connectivity index (χ0) is 23.3. The van der Waals surface area contributed by atoms with E-state index in [4.69, 9.17) is 13.7 Å². The first-order chi connectivity index (χ1) is 15.2. The molecule has 1 saturated heterocycles. The molecule has 0 radical (unpaired) electrons. The van der Waals surface area contributed by atoms with Crippen molar-refractivity contribution in [3.05, 3.63) is 59.0 Å². The lowest BCUT2D eigenvalue weighted by Gasteiger charge is -2.10. The van der Waals surface area contributed by atoms with Crippen molar-refractivity contribution in [2.75, 3.05) is 20.3 Å². The maximum atomic E-state index is 12.5. The summed E-state index contributed by atoms with van der Waals surface area (Å²) in [5, 5.41) is -0.594. The van der Waals surface area contributed by atoms with Gasteiger partial charge in [0, 0.05) is 0 Å². The number of benzene rings is 2. The summed E-state index contributed by atoms with van der Waals surface area (Å²) in [5.41, 5.74) is 0.439. The van der Waals surface area contributed by atoms with Gasteiger partial charge in [0.2, 0.25) is 0 Å². The molecule has 0 aliphatic carbocycles. The van der Waals surface area contributed by atoms with Gasteiger partial charge in [-0.25, -0.2) is 0 Å². The van der Waals surface area contributed by atoms with Gasteiger partial charge >= 0.3 is 16.1 Å². The van der Waals surface area contributed by atoms with Crippen molar-refractivity contribution < 1.29 is 36.5 Å². The van der Waals surface area contributed by atoms with Crippen LogP contribution in [0.2, 0.25) is 0 Å². The summed E-state index contributed by atoms with van der Waals surface area (Å²) in [7, 11) is -2.62. The standard InChI is InChI=1S/C21H19NO8S2/c1-3-29-19(23)13-22-20(24)18(31-21(22)25)12-14-5-4-6-16(11-14)30-32(26,27)17-9-7-15(28-2)8-10-17/h4-12H,3,13H2,1-2H3/b18-12-. The number of methoxy groups -OCH3 is 1. The maximum Gasteiger partial charge on any atom is 0.339 e. The molecule has 168 valence electrons. The molecule has 32 heavy (non-hydrogen) atoms. The highest BCUT2D eigenvalue weighted by Crippen LogP contribution is 2.32. The van der Waals surface area contributed by atoms with Crippen molar-refractivity contribution in [2.45, 2.75) is 11.8 Å². The third kappa shape index (κ3) is 5.48. The highest BCUT2D eigenvalue weighted by atomic mass is 32.2. The highest BCUT2D eigenvalue weighted by molar-refractivity contribution is 8.18. The molecule has 0 atom stereocenters. The fourth-order valence-corrected chi connectivity index (χ4v) is 4.46. The van der Waals surface area contributed by atoms with Gasteiger partial charge in [-0.05, 0) is 66.7 Å². The van der Waals surface area contributed by atoms with Gasteiger partial charge in [0.25, 0.3) is 11.1 Å². The summed E-state index contributed by atoms with van der Waals surface area (Å²) in [6, 6.07) is 11.7. The summed E-state index contributed by atoms with van der Waals surface area (Å²) in [6.45, 7) is 1.28. The number of nitrogens with zero attached hydrogens (tertiary/aromatic N) is 1. The summed E-state index contributed by atoms with van der Waals surface area (Å²) >= 11 is 0.676. The molecular weight excluding hydrogens is 458 g/mol. The molecule has 0 aromatic heterocycles. The molecule has 3 rings (SSSR count). The van der Waals surface area contributed by atoms with Crippen molar-refractivity contribution in [1.29, 1.82) is 0 Å². The number of rotatable bonds is 8. The van der Waals surface area contributed by atoms with E-state index < -0.39 is 33.8 Å². The zero-order valence-electron chi connectivity index (χ0n) is 17.1. The van der Waals surface area contributed by atoms with Gasteiger partial charge < -0.3 is 13.7 Å². The first-order valence-electron chi connectivity index (χ1n) is 9.33. The largest absolute Gasteiger partial charge is 0.497 e. The van der Waals surface area contributed by atoms with E-state index >= 15 is 0 Å². The number of imide groups is 1. The van der Waals surface area contributed by atoms with E-state index in [-0.39, 0.29) is 22.2 Å². The average Bonchev–Trinajstić information content (AvgIpc) is 3.01. The van der Waals surface area contributed by atoms with Crippen LogP contribution in [0.1, 0.15) is 12.5 Å². The van der Waals surface area contributed by atoms with Gasteiger partial charge in [-0.3, -0.25) is 19.3 Å². The second-order valence-electron chi connectivity index (χ2n) is 6.36. The minimum atomic E-state index is -4.09. The van der Waals surface area contributed by atoms with Gasteiger partial charge in [0.1, 0.15) is 22.9 Å². The van der Waals surface area contributed by atoms with Crippen LogP contribution in [0.3, 0.4) is 0 Å². The van der Waals surface area contributed by atoms with E-state index in [2.05, 4.69) is 0 Å². The van der Waals surface area contributed by atoms with Crippen LogP contribution in [0.25, 0.3) is 6.08 Å². The number of carbonyl (C=O) groups excluding carboxylic acids is 3. The molecule has 0 bridgehead atoms. The molecule has 1 fully saturated rings. The highest BCUT2D eigenvalue weighted by Gasteiger charge is 2.36. The Morgan fingerprint density at radius 3 is 2.47 bits per heavy atom. The van der Waals surface area contributed by atoms with Crippen LogP contribution in [0.4, 0.5) is 4.79 Å². The molecule has 9 nitrogen and oxygen atoms in total. The van der Waals surface area contributed by atoms with Crippen LogP contribution >= 0.6 is 11.8 Å². The van der Waals surface area contributed by atoms with Gasteiger partial charge in [-0.1, -0.05) is 12.1 Å². The average molecular weight is 478 g/mol. The summed E-state index contributed by atoms with van der Waals surface area (Å²) in [6.07, 6.45) is 1.42. The van der Waals surface area contributed by atoms with Crippen molar-refractivity contribution in [3.63, 3.8) is 0 Å². The van der Waals surface area contributed by atoms with Crippen LogP contribution in [0.15, 0.2) is 58.3 Å². The Bertz CT molecular complexity index is 1170. The van der Waals surface area contributed by atoms with E-state index in [1.165, 1.54) is 49.6 Å². The molecule has 2 aromatic rings. The Morgan fingerprint density at radius 2 is 1.81 bits per heavy atom. The van der Waals surface area contributed by atoms with Crippen molar-refractivity contribution in [1.82, 2.24) is 4.90 Å². The fraction of sp³-hybridized carbons (Fsp3) is 0.190. The monoisotopic (exact) mass is 477 g/mol. The molecule has 2 amide bonds. The van der Waals surface area contributed by atoms with Crippen LogP contribution in [0.5, 0.6) is 11.5 Å². The van der Waals surface area contributed by atoms with E-state index in [1.54, 1.807) is 19.1 Å². The lowest BCUT2D eigenvalue weighted by molar-refractivity contribution is -0.145. The molecule has 0 saturated carbocycles. The number of thioether (sulfide) groups is 1. The smallest absolute Gasteiger partial charge is 0.339 e. The Hall–Kier alpha value is -3.31. The van der Waals surface area contributed by atoms with E-state index in [1.807, 2.05) is 0 Å². The number of hydrogen-bond acceptors (Lipinski definition) is 9. The number of ether oxygens (including phenoxy) is 2. The number of amides is 2. The molecule has 11 heteroatoms. The predicted molar refractivity (Wildman–Crippen MR) is 117 cm³/mol. The van der Waals surface area contributed by atoms with Gasteiger partial charge in [0.05, 0.1) is 18.6 Å². The first kappa shape index (κ1) is 23.4. The van der Waals surface area contributed by atoms with E-state index in [9.17, 15) is 22.8 Å². The normalized spacial score (nSPS) is 15.2.